The monoisotopic (exact) mass is 484 g/mol. The molecule has 2 aromatic carbocycles. The van der Waals surface area contributed by atoms with Crippen molar-refractivity contribution in [2.45, 2.75) is 31.4 Å². The molecule has 0 spiro atoms. The molecule has 1 heterocycles. The van der Waals surface area contributed by atoms with Gasteiger partial charge in [0.05, 0.1) is 29.4 Å². The van der Waals surface area contributed by atoms with E-state index in [0.29, 0.717) is 23.0 Å². The molecule has 0 saturated carbocycles. The summed E-state index contributed by atoms with van der Waals surface area (Å²) in [5.41, 5.74) is 0.631. The maximum Gasteiger partial charge on any atom is 0.416 e. The Balaban J connectivity index is 2.05. The number of benzene rings is 2. The SMILES string of the molecule is C=C/C=C(\C=C)[C@@H]1CN(Cc2cc(F)cc(C(F)(F)F)c2)c2ccccc2N1CCC(F)(F)F. The van der Waals surface area contributed by atoms with Crippen molar-refractivity contribution in [3.63, 3.8) is 0 Å². The van der Waals surface area contributed by atoms with Gasteiger partial charge in [0.2, 0.25) is 0 Å². The molecule has 0 fully saturated rings. The van der Waals surface area contributed by atoms with E-state index in [2.05, 4.69) is 13.2 Å². The molecule has 0 bridgehead atoms. The topological polar surface area (TPSA) is 6.48 Å². The molecule has 3 rings (SSSR count). The number of allylic oxidation sites excluding steroid dienone is 2. The van der Waals surface area contributed by atoms with Gasteiger partial charge in [-0.2, -0.15) is 26.3 Å². The lowest BCUT2D eigenvalue weighted by atomic mass is 9.97. The number of nitrogens with zero attached hydrogens (tertiary/aromatic N) is 2. The predicted molar refractivity (Wildman–Crippen MR) is 119 cm³/mol. The average molecular weight is 484 g/mol. The Bertz CT molecular complexity index is 1070. The van der Waals surface area contributed by atoms with Crippen LogP contribution in [0.5, 0.6) is 0 Å². The fourth-order valence-electron chi connectivity index (χ4n) is 4.08. The number of halogens is 7. The van der Waals surface area contributed by atoms with Crippen LogP contribution in [-0.2, 0) is 12.7 Å². The van der Waals surface area contributed by atoms with Gasteiger partial charge in [0.1, 0.15) is 5.82 Å². The summed E-state index contributed by atoms with van der Waals surface area (Å²) in [6.07, 6.45) is -5.49. The Morgan fingerprint density at radius 1 is 1.00 bits per heavy atom. The summed E-state index contributed by atoms with van der Waals surface area (Å²) >= 11 is 0. The Morgan fingerprint density at radius 2 is 1.68 bits per heavy atom. The Kier molecular flexibility index (Phi) is 7.43. The molecule has 2 nitrogen and oxygen atoms in total. The van der Waals surface area contributed by atoms with Gasteiger partial charge in [0.15, 0.2) is 0 Å². The first-order valence-corrected chi connectivity index (χ1v) is 10.4. The summed E-state index contributed by atoms with van der Waals surface area (Å²) in [6, 6.07) is 8.46. The third-order valence-corrected chi connectivity index (χ3v) is 5.53. The average Bonchev–Trinajstić information content (AvgIpc) is 2.75. The lowest BCUT2D eigenvalue weighted by Crippen LogP contribution is -2.50. The molecule has 0 radical (unpaired) electrons. The van der Waals surface area contributed by atoms with Crippen LogP contribution in [0.3, 0.4) is 0 Å². The van der Waals surface area contributed by atoms with E-state index >= 15 is 0 Å². The second-order valence-corrected chi connectivity index (χ2v) is 7.90. The van der Waals surface area contributed by atoms with Gasteiger partial charge >= 0.3 is 12.4 Å². The highest BCUT2D eigenvalue weighted by molar-refractivity contribution is 5.75. The summed E-state index contributed by atoms with van der Waals surface area (Å²) in [4.78, 5) is 3.35. The number of hydrogen-bond donors (Lipinski definition) is 0. The summed E-state index contributed by atoms with van der Waals surface area (Å²) in [5, 5.41) is 0. The van der Waals surface area contributed by atoms with Crippen LogP contribution in [0.1, 0.15) is 17.5 Å². The fraction of sp³-hybridized carbons (Fsp3) is 0.280. The van der Waals surface area contributed by atoms with Crippen LogP contribution in [0, 0.1) is 5.82 Å². The van der Waals surface area contributed by atoms with Gasteiger partial charge in [-0.3, -0.25) is 0 Å². The normalized spacial score (nSPS) is 16.9. The van der Waals surface area contributed by atoms with Gasteiger partial charge in [-0.15, -0.1) is 0 Å². The molecule has 1 atom stereocenters. The largest absolute Gasteiger partial charge is 0.416 e. The minimum atomic E-state index is -4.71. The zero-order valence-electron chi connectivity index (χ0n) is 18.1. The number of rotatable bonds is 7. The first kappa shape index (κ1) is 25.4. The number of anilines is 2. The van der Waals surface area contributed by atoms with Gasteiger partial charge in [0, 0.05) is 19.6 Å². The maximum absolute atomic E-state index is 14.0. The van der Waals surface area contributed by atoms with Crippen molar-refractivity contribution >= 4 is 11.4 Å². The second kappa shape index (κ2) is 9.95. The molecule has 34 heavy (non-hydrogen) atoms. The molecule has 0 N–H and O–H groups in total. The quantitative estimate of drug-likeness (QED) is 0.301. The van der Waals surface area contributed by atoms with E-state index in [0.717, 1.165) is 12.1 Å². The minimum absolute atomic E-state index is 0.0695. The maximum atomic E-state index is 14.0. The molecule has 0 unspecified atom stereocenters. The van der Waals surface area contributed by atoms with Gasteiger partial charge in [0.25, 0.3) is 0 Å². The number of alkyl halides is 6. The summed E-state index contributed by atoms with van der Waals surface area (Å²) in [7, 11) is 0. The van der Waals surface area contributed by atoms with E-state index in [9.17, 15) is 30.7 Å². The van der Waals surface area contributed by atoms with Crippen LogP contribution in [0.2, 0.25) is 0 Å². The van der Waals surface area contributed by atoms with Gasteiger partial charge in [-0.25, -0.2) is 4.39 Å². The van der Waals surface area contributed by atoms with Crippen LogP contribution in [-0.4, -0.2) is 25.3 Å². The van der Waals surface area contributed by atoms with Gasteiger partial charge < -0.3 is 9.80 Å². The molecule has 0 saturated heterocycles. The molecule has 1 aliphatic heterocycles. The zero-order chi connectivity index (χ0) is 25.1. The summed E-state index contributed by atoms with van der Waals surface area (Å²) in [5.74, 6) is -1.02. The van der Waals surface area contributed by atoms with Crippen molar-refractivity contribution in [3.05, 3.63) is 96.4 Å². The fourth-order valence-corrected chi connectivity index (χ4v) is 4.08. The van der Waals surface area contributed by atoms with Crippen molar-refractivity contribution in [1.29, 1.82) is 0 Å². The van der Waals surface area contributed by atoms with E-state index in [1.165, 1.54) is 12.2 Å². The third kappa shape index (κ3) is 6.01. The van der Waals surface area contributed by atoms with Gasteiger partial charge in [-0.05, 0) is 41.5 Å². The smallest absolute Gasteiger partial charge is 0.363 e. The first-order valence-electron chi connectivity index (χ1n) is 10.4. The predicted octanol–water partition coefficient (Wildman–Crippen LogP) is 7.29. The molecule has 9 heteroatoms. The third-order valence-electron chi connectivity index (χ3n) is 5.53. The van der Waals surface area contributed by atoms with Crippen molar-refractivity contribution in [2.24, 2.45) is 0 Å². The molecular formula is C25H23F7N2. The summed E-state index contributed by atoms with van der Waals surface area (Å²) < 4.78 is 92.7. The van der Waals surface area contributed by atoms with Crippen molar-refractivity contribution in [2.75, 3.05) is 22.9 Å². The zero-order valence-corrected chi connectivity index (χ0v) is 18.1. The van der Waals surface area contributed by atoms with Crippen LogP contribution in [0.15, 0.2) is 79.4 Å². The van der Waals surface area contributed by atoms with Crippen LogP contribution >= 0.6 is 0 Å². The van der Waals surface area contributed by atoms with Crippen LogP contribution < -0.4 is 9.80 Å². The molecule has 0 amide bonds. The Morgan fingerprint density at radius 3 is 2.26 bits per heavy atom. The molecule has 0 aliphatic carbocycles. The van der Waals surface area contributed by atoms with Crippen LogP contribution in [0.4, 0.5) is 42.1 Å². The Hall–Kier alpha value is -3.23. The molecule has 1 aliphatic rings. The number of fused-ring (bicyclic) bond motifs is 1. The van der Waals surface area contributed by atoms with Crippen molar-refractivity contribution in [3.8, 4) is 0 Å². The van der Waals surface area contributed by atoms with E-state index in [4.69, 9.17) is 0 Å². The van der Waals surface area contributed by atoms with E-state index < -0.39 is 36.2 Å². The molecular weight excluding hydrogens is 461 g/mol. The highest BCUT2D eigenvalue weighted by Gasteiger charge is 2.36. The first-order chi connectivity index (χ1) is 15.9. The highest BCUT2D eigenvalue weighted by atomic mass is 19.4. The van der Waals surface area contributed by atoms with E-state index in [1.54, 1.807) is 40.1 Å². The molecule has 0 aromatic heterocycles. The lowest BCUT2D eigenvalue weighted by molar-refractivity contribution is -0.138. The summed E-state index contributed by atoms with van der Waals surface area (Å²) in [6.45, 7) is 7.16. The van der Waals surface area contributed by atoms with Gasteiger partial charge in [-0.1, -0.05) is 43.5 Å². The van der Waals surface area contributed by atoms with Crippen LogP contribution in [0.25, 0.3) is 0 Å². The second-order valence-electron chi connectivity index (χ2n) is 7.90. The lowest BCUT2D eigenvalue weighted by Gasteiger charge is -2.45. The Labute approximate surface area is 193 Å². The van der Waals surface area contributed by atoms with Crippen molar-refractivity contribution in [1.82, 2.24) is 0 Å². The van der Waals surface area contributed by atoms with E-state index in [-0.39, 0.29) is 25.2 Å². The molecule has 2 aromatic rings. The standard InChI is InChI=1S/C25H23F7N2/c1-3-7-18(4-2)23-16-33(15-17-12-19(25(30,31)32)14-20(26)13-17)21-8-5-6-9-22(21)34(23)11-10-24(27,28)29/h3-9,12-14,23H,1-2,10-11,15-16H2/b18-7+/t23-/m0/s1. The van der Waals surface area contributed by atoms with E-state index in [1.807, 2.05) is 0 Å². The van der Waals surface area contributed by atoms with Crippen molar-refractivity contribution < 1.29 is 30.7 Å². The number of hydrogen-bond acceptors (Lipinski definition) is 2. The minimum Gasteiger partial charge on any atom is -0.363 e. The highest BCUT2D eigenvalue weighted by Crippen LogP contribution is 2.39. The molecule has 182 valence electrons. The number of para-hydroxylation sites is 2.